The van der Waals surface area contributed by atoms with E-state index in [9.17, 15) is 0 Å². The first-order valence-corrected chi connectivity index (χ1v) is 27.3. The number of benzene rings is 14. The van der Waals surface area contributed by atoms with Gasteiger partial charge in [0.1, 0.15) is 0 Å². The molecule has 0 aromatic heterocycles. The van der Waals surface area contributed by atoms with Gasteiger partial charge in [0.05, 0.1) is 0 Å². The molecule has 0 spiro atoms. The molecule has 1 aliphatic carbocycles. The predicted molar refractivity (Wildman–Crippen MR) is 331 cm³/mol. The van der Waals surface area contributed by atoms with Gasteiger partial charge < -0.3 is 0 Å². The highest BCUT2D eigenvalue weighted by atomic mass is 14.4. The molecule has 0 heteroatoms. The molecule has 0 unspecified atom stereocenters. The Morgan fingerprint density at radius 3 is 1.12 bits per heavy atom. The molecular weight excluding hydrogens is 913 g/mol. The Bertz CT molecular complexity index is 5020. The summed E-state index contributed by atoms with van der Waals surface area (Å²) in [6, 6.07) is 79.6. The number of hydrogen-bond donors (Lipinski definition) is 0. The molecule has 0 nitrogen and oxygen atoms in total. The summed E-state index contributed by atoms with van der Waals surface area (Å²) in [5.74, 6) is 0. The number of hydrogen-bond acceptors (Lipinski definition) is 0. The van der Waals surface area contributed by atoms with E-state index in [1.807, 2.05) is 0 Å². The topological polar surface area (TPSA) is 0 Å². The molecule has 16 aromatic carbocycles. The molecule has 0 bridgehead atoms. The molecule has 0 aliphatic heterocycles. The van der Waals surface area contributed by atoms with E-state index in [-0.39, 0.29) is 10.8 Å². The predicted octanol–water partition coefficient (Wildman–Crippen LogP) is 21.9. The van der Waals surface area contributed by atoms with Gasteiger partial charge in [-0.1, -0.05) is 242 Å². The summed E-state index contributed by atoms with van der Waals surface area (Å²) in [5.41, 5.74) is 15.8. The second kappa shape index (κ2) is 14.5. The van der Waals surface area contributed by atoms with E-state index in [0.29, 0.717) is 0 Å². The van der Waals surface area contributed by atoms with Crippen molar-refractivity contribution >= 4 is 118 Å². The summed E-state index contributed by atoms with van der Waals surface area (Å²) in [5, 5.41) is 29.5. The van der Waals surface area contributed by atoms with Gasteiger partial charge >= 0.3 is 0 Å². The maximum atomic E-state index is 2.54. The summed E-state index contributed by atoms with van der Waals surface area (Å²) < 4.78 is 0. The quantitative estimate of drug-likeness (QED) is 0.122. The van der Waals surface area contributed by atoms with Gasteiger partial charge in [0.25, 0.3) is 0 Å². The average molecular weight is 965 g/mol. The fourth-order valence-corrected chi connectivity index (χ4v) is 14.8. The van der Waals surface area contributed by atoms with Crippen LogP contribution in [0.25, 0.3) is 174 Å². The molecule has 0 amide bonds. The first-order valence-electron chi connectivity index (χ1n) is 27.3. The van der Waals surface area contributed by atoms with Crippen molar-refractivity contribution in [3.63, 3.8) is 0 Å². The lowest BCUT2D eigenvalue weighted by atomic mass is 9.78. The minimum Gasteiger partial charge on any atom is -0.0622 e. The Balaban J connectivity index is 1.05. The van der Waals surface area contributed by atoms with Crippen molar-refractivity contribution in [2.24, 2.45) is 0 Å². The maximum Gasteiger partial charge on any atom is -0.000696 e. The summed E-state index contributed by atoms with van der Waals surface area (Å²) in [7, 11) is 0. The van der Waals surface area contributed by atoms with Crippen LogP contribution in [0.4, 0.5) is 0 Å². The molecule has 0 atom stereocenters. The van der Waals surface area contributed by atoms with Crippen molar-refractivity contribution in [1.82, 2.24) is 0 Å². The molecule has 356 valence electrons. The molecule has 0 saturated carbocycles. The van der Waals surface area contributed by atoms with Crippen LogP contribution in [0.1, 0.15) is 52.7 Å². The van der Waals surface area contributed by atoms with Crippen LogP contribution in [0, 0.1) is 0 Å². The normalized spacial score (nSPS) is 13.1. The highest BCUT2D eigenvalue weighted by molar-refractivity contribution is 6.53. The van der Waals surface area contributed by atoms with Gasteiger partial charge in [-0.3, -0.25) is 0 Å². The van der Waals surface area contributed by atoms with Crippen molar-refractivity contribution in [1.29, 1.82) is 0 Å². The smallest absolute Gasteiger partial charge is 0.000696 e. The Hall–Kier alpha value is -8.84. The van der Waals surface area contributed by atoms with Crippen LogP contribution in [0.15, 0.2) is 206 Å². The Morgan fingerprint density at radius 1 is 0.211 bits per heavy atom. The standard InChI is InChI=1S/C76H52/c1-75(2,3)45-37-44(38-46(40-45)76(4,5)6)63-60-39-43-23-13-14-24-47(43)64-50-27-17-18-28-51(50)69(74(60)64)73-59-36-32-55-53-30-34-57-67-56(33-29-52(65(53)67)54-31-35-58(72(63)73)68(59)66(54)55)70-61(41-19-9-7-10-20-41)48-25-15-16-26-49(48)62(71(57)70)42-21-11-8-12-22-42/h7-40H,1-6H3. The lowest BCUT2D eigenvalue weighted by Gasteiger charge is -2.27. The van der Waals surface area contributed by atoms with Crippen LogP contribution >= 0.6 is 0 Å². The highest BCUT2D eigenvalue weighted by Crippen LogP contribution is 2.61. The van der Waals surface area contributed by atoms with E-state index < -0.39 is 0 Å². The van der Waals surface area contributed by atoms with Gasteiger partial charge in [0.2, 0.25) is 0 Å². The minimum atomic E-state index is -0.0442. The van der Waals surface area contributed by atoms with Crippen LogP contribution in [0.3, 0.4) is 0 Å². The zero-order valence-corrected chi connectivity index (χ0v) is 43.6. The van der Waals surface area contributed by atoms with Crippen LogP contribution < -0.4 is 0 Å². The Morgan fingerprint density at radius 2 is 0.579 bits per heavy atom. The number of rotatable bonds is 3. The van der Waals surface area contributed by atoms with Gasteiger partial charge in [0, 0.05) is 0 Å². The Kier molecular flexibility index (Phi) is 8.11. The largest absolute Gasteiger partial charge is 0.0622 e. The molecule has 1 aliphatic rings. The average Bonchev–Trinajstić information content (AvgIpc) is 4.30. The third-order valence-corrected chi connectivity index (χ3v) is 18.1. The van der Waals surface area contributed by atoms with Crippen molar-refractivity contribution in [2.75, 3.05) is 0 Å². The fourth-order valence-electron chi connectivity index (χ4n) is 14.8. The lowest BCUT2D eigenvalue weighted by Crippen LogP contribution is -2.16. The monoisotopic (exact) mass is 964 g/mol. The fraction of sp³-hybridized carbons (Fsp3) is 0.105. The zero-order valence-electron chi connectivity index (χ0n) is 43.6. The Labute approximate surface area is 441 Å². The van der Waals surface area contributed by atoms with Crippen LogP contribution in [0.5, 0.6) is 0 Å². The molecule has 0 fully saturated rings. The minimum absolute atomic E-state index is 0.0442. The number of fused-ring (bicyclic) bond motifs is 15. The van der Waals surface area contributed by atoms with Gasteiger partial charge in [-0.2, -0.15) is 0 Å². The van der Waals surface area contributed by atoms with E-state index >= 15 is 0 Å². The molecule has 0 radical (unpaired) electrons. The molecule has 0 saturated heterocycles. The van der Waals surface area contributed by atoms with Crippen molar-refractivity contribution < 1.29 is 0 Å². The molecule has 76 heavy (non-hydrogen) atoms. The second-order valence-electron chi connectivity index (χ2n) is 24.2. The molecule has 16 aromatic rings. The second-order valence-corrected chi connectivity index (χ2v) is 24.2. The van der Waals surface area contributed by atoms with Gasteiger partial charge in [-0.25, -0.2) is 0 Å². The lowest BCUT2D eigenvalue weighted by molar-refractivity contribution is 0.569. The van der Waals surface area contributed by atoms with Crippen molar-refractivity contribution in [3.05, 3.63) is 217 Å². The SMILES string of the molecule is CC(C)(C)c1cc(-c2c3cc4ccccc4c4c5ccccc5c(c5c6ccc7c8ccc9c%10c(ccc(c%11ccc(c25)c6c%117)c%108)-c2c-9c(-c5ccccc5)c5ccccc5c2-c2ccccc2)c34)cc(C(C)(C)C)c1. The van der Waals surface area contributed by atoms with E-state index in [4.69, 9.17) is 0 Å². The van der Waals surface area contributed by atoms with E-state index in [1.54, 1.807) is 0 Å². The van der Waals surface area contributed by atoms with Crippen LogP contribution in [-0.4, -0.2) is 0 Å². The highest BCUT2D eigenvalue weighted by Gasteiger charge is 2.34. The first kappa shape index (κ1) is 42.5. The zero-order chi connectivity index (χ0) is 50.7. The van der Waals surface area contributed by atoms with E-state index in [0.717, 1.165) is 0 Å². The van der Waals surface area contributed by atoms with Crippen molar-refractivity contribution in [2.45, 2.75) is 52.4 Å². The third kappa shape index (κ3) is 5.34. The van der Waals surface area contributed by atoms with Crippen molar-refractivity contribution in [3.8, 4) is 55.6 Å². The third-order valence-electron chi connectivity index (χ3n) is 18.1. The summed E-state index contributed by atoms with van der Waals surface area (Å²) >= 11 is 0. The molecular formula is C76H52. The van der Waals surface area contributed by atoms with Gasteiger partial charge in [0.15, 0.2) is 0 Å². The van der Waals surface area contributed by atoms with Gasteiger partial charge in [-0.15, -0.1) is 0 Å². The summed E-state index contributed by atoms with van der Waals surface area (Å²) in [4.78, 5) is 0. The maximum absolute atomic E-state index is 2.54. The van der Waals surface area contributed by atoms with Crippen LogP contribution in [-0.2, 0) is 10.8 Å². The van der Waals surface area contributed by atoms with E-state index in [1.165, 1.54) is 185 Å². The molecule has 17 rings (SSSR count). The summed E-state index contributed by atoms with van der Waals surface area (Å²) in [6.07, 6.45) is 0. The van der Waals surface area contributed by atoms with Crippen LogP contribution in [0.2, 0.25) is 0 Å². The van der Waals surface area contributed by atoms with Gasteiger partial charge in [-0.05, 0) is 202 Å². The molecule has 0 N–H and O–H groups in total. The van der Waals surface area contributed by atoms with E-state index in [2.05, 4.69) is 248 Å². The molecule has 0 heterocycles. The first-order chi connectivity index (χ1) is 37.0. The summed E-state index contributed by atoms with van der Waals surface area (Å²) in [6.45, 7) is 14.2.